The maximum Gasteiger partial charge on any atom is 0.373 e. The highest BCUT2D eigenvalue weighted by molar-refractivity contribution is 6.35. The van der Waals surface area contributed by atoms with Crippen molar-refractivity contribution in [2.75, 3.05) is 14.2 Å². The van der Waals surface area contributed by atoms with Crippen molar-refractivity contribution < 1.29 is 37.9 Å². The minimum Gasteiger partial charge on any atom is -0.493 e. The van der Waals surface area contributed by atoms with Gasteiger partial charge in [-0.25, -0.2) is 9.59 Å². The zero-order valence-electron chi connectivity index (χ0n) is 20.4. The Bertz CT molecular complexity index is 1520. The van der Waals surface area contributed by atoms with E-state index in [4.69, 9.17) is 37.1 Å². The fourth-order valence-electron chi connectivity index (χ4n) is 3.62. The van der Waals surface area contributed by atoms with Crippen LogP contribution in [0.1, 0.15) is 27.4 Å². The molecule has 1 aliphatic rings. The molecule has 0 bridgehead atoms. The molecule has 0 atom stereocenters. The van der Waals surface area contributed by atoms with E-state index in [2.05, 4.69) is 10.1 Å². The fraction of sp³-hybridized carbons (Fsp3) is 0.160. The summed E-state index contributed by atoms with van der Waals surface area (Å²) in [6, 6.07) is 9.37. The van der Waals surface area contributed by atoms with Crippen LogP contribution in [0.15, 0.2) is 52.6 Å². The van der Waals surface area contributed by atoms with Crippen LogP contribution in [0.3, 0.4) is 0 Å². The van der Waals surface area contributed by atoms with Crippen LogP contribution in [0, 0.1) is 10.1 Å². The minimum atomic E-state index is -0.747. The molecule has 0 saturated carbocycles. The summed E-state index contributed by atoms with van der Waals surface area (Å²) in [4.78, 5) is 49.0. The first-order chi connectivity index (χ1) is 18.6. The largest absolute Gasteiger partial charge is 0.493 e. The number of rotatable bonds is 9. The second-order valence-corrected chi connectivity index (χ2v) is 8.83. The lowest BCUT2D eigenvalue weighted by atomic mass is 10.1. The number of urea groups is 1. The Balaban J connectivity index is 1.58. The van der Waals surface area contributed by atoms with Crippen LogP contribution in [0.4, 0.5) is 10.5 Å². The summed E-state index contributed by atoms with van der Waals surface area (Å²) in [6.45, 7) is -0.371. The number of nitrogens with one attached hydrogen (secondary N) is 1. The number of carbonyl (C=O) groups is 3. The first-order valence-electron chi connectivity index (χ1n) is 11.1. The van der Waals surface area contributed by atoms with Gasteiger partial charge in [-0.05, 0) is 42.0 Å². The number of amides is 3. The van der Waals surface area contributed by atoms with Crippen LogP contribution in [0.2, 0.25) is 10.0 Å². The molecule has 2 aromatic carbocycles. The fourth-order valence-corrected chi connectivity index (χ4v) is 4.09. The molecule has 3 aromatic rings. The first-order valence-corrected chi connectivity index (χ1v) is 11.8. The van der Waals surface area contributed by atoms with Crippen LogP contribution < -0.4 is 14.8 Å². The van der Waals surface area contributed by atoms with Gasteiger partial charge >= 0.3 is 17.7 Å². The van der Waals surface area contributed by atoms with Gasteiger partial charge in [0.15, 0.2) is 5.75 Å². The third-order valence-corrected chi connectivity index (χ3v) is 6.08. The van der Waals surface area contributed by atoms with E-state index in [0.717, 1.165) is 4.90 Å². The molecule has 1 aliphatic heterocycles. The Morgan fingerprint density at radius 3 is 2.59 bits per heavy atom. The van der Waals surface area contributed by atoms with Gasteiger partial charge in [0.2, 0.25) is 11.5 Å². The van der Waals surface area contributed by atoms with E-state index in [0.29, 0.717) is 15.6 Å². The molecule has 202 valence electrons. The van der Waals surface area contributed by atoms with E-state index >= 15 is 0 Å². The van der Waals surface area contributed by atoms with E-state index in [1.807, 2.05) is 0 Å². The SMILES string of the molecule is COC(=O)c1ccc(CN2C(=O)N/C(=C\c3cc(OC)c(OCc4ccc(Cl)cc4Cl)c([N+](=O)[O-])c3)C2=O)o1. The Morgan fingerprint density at radius 2 is 1.92 bits per heavy atom. The molecule has 1 aromatic heterocycles. The second-order valence-electron chi connectivity index (χ2n) is 7.99. The lowest BCUT2D eigenvalue weighted by Crippen LogP contribution is -2.30. The average molecular weight is 576 g/mol. The van der Waals surface area contributed by atoms with E-state index in [-0.39, 0.29) is 47.4 Å². The molecule has 3 amide bonds. The first kappa shape index (κ1) is 27.5. The second kappa shape index (κ2) is 11.5. The number of ether oxygens (including phenoxy) is 3. The monoisotopic (exact) mass is 575 g/mol. The lowest BCUT2D eigenvalue weighted by Gasteiger charge is -2.13. The maximum atomic E-state index is 12.9. The van der Waals surface area contributed by atoms with Crippen molar-refractivity contribution in [1.82, 2.24) is 10.2 Å². The quantitative estimate of drug-likeness (QED) is 0.123. The van der Waals surface area contributed by atoms with Crippen LogP contribution in [0.5, 0.6) is 11.5 Å². The minimum absolute atomic E-state index is 0.0145. The summed E-state index contributed by atoms with van der Waals surface area (Å²) in [6.07, 6.45) is 1.26. The van der Waals surface area contributed by atoms with Crippen molar-refractivity contribution in [2.24, 2.45) is 0 Å². The van der Waals surface area contributed by atoms with Crippen LogP contribution in [-0.4, -0.2) is 42.0 Å². The Morgan fingerprint density at radius 1 is 1.15 bits per heavy atom. The van der Waals surface area contributed by atoms with Crippen molar-refractivity contribution in [3.8, 4) is 11.5 Å². The van der Waals surface area contributed by atoms with Gasteiger partial charge in [0.05, 0.1) is 25.7 Å². The topological polar surface area (TPSA) is 150 Å². The molecule has 1 saturated heterocycles. The molecule has 12 nitrogen and oxygen atoms in total. The van der Waals surface area contributed by atoms with Crippen LogP contribution in [0.25, 0.3) is 6.08 Å². The summed E-state index contributed by atoms with van der Waals surface area (Å²) in [5.74, 6) is -1.48. The molecule has 0 unspecified atom stereocenters. The molecule has 0 spiro atoms. The van der Waals surface area contributed by atoms with Crippen molar-refractivity contribution >= 4 is 52.9 Å². The van der Waals surface area contributed by atoms with Crippen molar-refractivity contribution in [1.29, 1.82) is 0 Å². The molecule has 0 aliphatic carbocycles. The Labute approximate surface area is 230 Å². The summed E-state index contributed by atoms with van der Waals surface area (Å²) in [5.41, 5.74) is 0.147. The van der Waals surface area contributed by atoms with E-state index in [1.165, 1.54) is 50.6 Å². The zero-order valence-corrected chi connectivity index (χ0v) is 21.9. The smallest absolute Gasteiger partial charge is 0.373 e. The van der Waals surface area contributed by atoms with Gasteiger partial charge in [0.25, 0.3) is 5.91 Å². The van der Waals surface area contributed by atoms with Crippen LogP contribution >= 0.6 is 23.2 Å². The Hall–Kier alpha value is -4.55. The number of halogens is 2. The third kappa shape index (κ3) is 5.97. The zero-order chi connectivity index (χ0) is 28.3. The summed E-state index contributed by atoms with van der Waals surface area (Å²) in [5, 5.41) is 15.0. The number of hydrogen-bond acceptors (Lipinski definition) is 9. The number of benzene rings is 2. The van der Waals surface area contributed by atoms with Gasteiger partial charge < -0.3 is 23.9 Å². The number of hydrogen-bond donors (Lipinski definition) is 1. The number of esters is 1. The number of nitrogens with zero attached hydrogens (tertiary/aromatic N) is 2. The molecule has 1 fully saturated rings. The van der Waals surface area contributed by atoms with Gasteiger partial charge in [-0.15, -0.1) is 0 Å². The predicted octanol–water partition coefficient (Wildman–Crippen LogP) is 4.96. The molecular formula is C25H19Cl2N3O9. The summed E-state index contributed by atoms with van der Waals surface area (Å²) >= 11 is 12.1. The predicted molar refractivity (Wildman–Crippen MR) is 138 cm³/mol. The van der Waals surface area contributed by atoms with E-state index in [9.17, 15) is 24.5 Å². The van der Waals surface area contributed by atoms with Crippen molar-refractivity contribution in [3.63, 3.8) is 0 Å². The molecular weight excluding hydrogens is 557 g/mol. The highest BCUT2D eigenvalue weighted by atomic mass is 35.5. The normalized spacial score (nSPS) is 13.9. The van der Waals surface area contributed by atoms with Gasteiger partial charge in [-0.2, -0.15) is 0 Å². The highest BCUT2D eigenvalue weighted by Gasteiger charge is 2.35. The van der Waals surface area contributed by atoms with Crippen molar-refractivity contribution in [2.45, 2.75) is 13.2 Å². The molecule has 1 N–H and O–H groups in total. The molecule has 39 heavy (non-hydrogen) atoms. The number of furan rings is 1. The Kier molecular flexibility index (Phi) is 8.07. The number of nitro benzene ring substituents is 1. The molecule has 2 heterocycles. The lowest BCUT2D eigenvalue weighted by molar-refractivity contribution is -0.386. The highest BCUT2D eigenvalue weighted by Crippen LogP contribution is 2.40. The van der Waals surface area contributed by atoms with Gasteiger partial charge in [-0.1, -0.05) is 29.3 Å². The van der Waals surface area contributed by atoms with Gasteiger partial charge in [0.1, 0.15) is 18.1 Å². The van der Waals surface area contributed by atoms with Crippen molar-refractivity contribution in [3.05, 3.63) is 91.0 Å². The van der Waals surface area contributed by atoms with Gasteiger partial charge in [0, 0.05) is 21.7 Å². The third-order valence-electron chi connectivity index (χ3n) is 5.50. The molecule has 14 heteroatoms. The number of carbonyl (C=O) groups excluding carboxylic acids is 3. The summed E-state index contributed by atoms with van der Waals surface area (Å²) < 4.78 is 20.9. The van der Waals surface area contributed by atoms with E-state index < -0.39 is 28.5 Å². The van der Waals surface area contributed by atoms with Crippen LogP contribution in [-0.2, 0) is 22.7 Å². The number of methoxy groups -OCH3 is 2. The number of nitro groups is 1. The van der Waals surface area contributed by atoms with Gasteiger partial charge in [-0.3, -0.25) is 19.8 Å². The van der Waals surface area contributed by atoms with E-state index in [1.54, 1.807) is 12.1 Å². The average Bonchev–Trinajstić information content (AvgIpc) is 3.48. The maximum absolute atomic E-state index is 12.9. The molecule has 4 rings (SSSR count). The summed E-state index contributed by atoms with van der Waals surface area (Å²) in [7, 11) is 2.49. The molecule has 0 radical (unpaired) electrons. The standard InChI is InChI=1S/C25H19Cl2N3O9/c1-36-21-9-13(8-19(30(34)35)22(21)38-12-14-3-4-15(26)10-17(14)27)7-18-23(31)29(25(33)28-18)11-16-5-6-20(39-16)24(32)37-2/h3-10H,11-12H2,1-2H3,(H,28,33)/b18-7-. The number of imide groups is 1.